The van der Waals surface area contributed by atoms with Crippen LogP contribution < -0.4 is 5.73 Å². The average Bonchev–Trinajstić information content (AvgIpc) is 2.80. The number of fused-ring (bicyclic) bond motifs is 3. The number of benzene rings is 1. The number of nitrogens with zero attached hydrogens (tertiary/aromatic N) is 2. The first-order chi connectivity index (χ1) is 7.31. The molecule has 2 N–H and O–H groups in total. The summed E-state index contributed by atoms with van der Waals surface area (Å²) in [7, 11) is 1.98. The van der Waals surface area contributed by atoms with Crippen LogP contribution in [-0.4, -0.2) is 9.55 Å². The summed E-state index contributed by atoms with van der Waals surface area (Å²) in [5.74, 6) is 0.585. The molecule has 1 aromatic carbocycles. The summed E-state index contributed by atoms with van der Waals surface area (Å²) in [5.41, 5.74) is 8.31. The minimum absolute atomic E-state index is 0.336. The van der Waals surface area contributed by atoms with Crippen LogP contribution in [0.2, 0.25) is 0 Å². The molecule has 15 heavy (non-hydrogen) atoms. The molecule has 0 fully saturated rings. The smallest absolute Gasteiger partial charge is 0.210 e. The van der Waals surface area contributed by atoms with Crippen LogP contribution in [0.1, 0.15) is 5.89 Å². The van der Waals surface area contributed by atoms with Crippen molar-refractivity contribution in [1.29, 1.82) is 0 Å². The van der Waals surface area contributed by atoms with Crippen molar-refractivity contribution in [2.45, 2.75) is 6.54 Å². The van der Waals surface area contributed by atoms with Gasteiger partial charge >= 0.3 is 0 Å². The van der Waals surface area contributed by atoms with Crippen LogP contribution in [0.25, 0.3) is 22.1 Å². The van der Waals surface area contributed by atoms with E-state index in [4.69, 9.17) is 10.2 Å². The molecule has 76 valence electrons. The normalized spacial score (nSPS) is 11.6. The van der Waals surface area contributed by atoms with Crippen LogP contribution in [0, 0.1) is 0 Å². The maximum Gasteiger partial charge on any atom is 0.210 e. The van der Waals surface area contributed by atoms with Gasteiger partial charge in [-0.3, -0.25) is 0 Å². The Kier molecular flexibility index (Phi) is 1.61. The SMILES string of the molecule is Cn1c2ccccc2c2oc(CN)nc21. The van der Waals surface area contributed by atoms with Crippen molar-refractivity contribution in [1.82, 2.24) is 9.55 Å². The Bertz CT molecular complexity index is 636. The minimum atomic E-state index is 0.336. The predicted molar refractivity (Wildman–Crippen MR) is 58.4 cm³/mol. The molecule has 4 heteroatoms. The zero-order valence-corrected chi connectivity index (χ0v) is 8.40. The van der Waals surface area contributed by atoms with Gasteiger partial charge in [-0.15, -0.1) is 0 Å². The number of rotatable bonds is 1. The van der Waals surface area contributed by atoms with Crippen molar-refractivity contribution in [3.8, 4) is 0 Å². The standard InChI is InChI=1S/C11H11N3O/c1-14-8-5-3-2-4-7(8)10-11(14)13-9(6-12)15-10/h2-5H,6,12H2,1H3. The van der Waals surface area contributed by atoms with Gasteiger partial charge in [0.1, 0.15) is 0 Å². The van der Waals surface area contributed by atoms with Crippen LogP contribution >= 0.6 is 0 Å². The third-order valence-corrected chi connectivity index (χ3v) is 2.66. The van der Waals surface area contributed by atoms with Gasteiger partial charge in [-0.25, -0.2) is 0 Å². The molecule has 2 heterocycles. The van der Waals surface area contributed by atoms with Gasteiger partial charge in [0.15, 0.2) is 11.2 Å². The van der Waals surface area contributed by atoms with E-state index < -0.39 is 0 Å². The summed E-state index contributed by atoms with van der Waals surface area (Å²) in [6.45, 7) is 0.336. The summed E-state index contributed by atoms with van der Waals surface area (Å²) >= 11 is 0. The molecule has 0 atom stereocenters. The Labute approximate surface area is 86.3 Å². The Morgan fingerprint density at radius 1 is 1.40 bits per heavy atom. The van der Waals surface area contributed by atoms with Crippen molar-refractivity contribution in [2.75, 3.05) is 0 Å². The average molecular weight is 201 g/mol. The Hall–Kier alpha value is -1.81. The van der Waals surface area contributed by atoms with E-state index in [2.05, 4.69) is 11.1 Å². The lowest BCUT2D eigenvalue weighted by atomic mass is 10.2. The van der Waals surface area contributed by atoms with E-state index in [9.17, 15) is 0 Å². The molecule has 0 amide bonds. The number of hydrogen-bond donors (Lipinski definition) is 1. The second-order valence-electron chi connectivity index (χ2n) is 3.54. The van der Waals surface area contributed by atoms with E-state index in [1.165, 1.54) is 0 Å². The second-order valence-corrected chi connectivity index (χ2v) is 3.54. The predicted octanol–water partition coefficient (Wildman–Crippen LogP) is 1.78. The van der Waals surface area contributed by atoms with Gasteiger partial charge in [0, 0.05) is 12.4 Å². The maximum atomic E-state index is 5.59. The van der Waals surface area contributed by atoms with Crippen LogP contribution in [0.5, 0.6) is 0 Å². The summed E-state index contributed by atoms with van der Waals surface area (Å²) in [4.78, 5) is 4.34. The van der Waals surface area contributed by atoms with Gasteiger partial charge in [0.2, 0.25) is 5.89 Å². The van der Waals surface area contributed by atoms with Gasteiger partial charge in [0.25, 0.3) is 0 Å². The highest BCUT2D eigenvalue weighted by atomic mass is 16.3. The number of para-hydroxylation sites is 1. The molecule has 0 aliphatic heterocycles. The highest BCUT2D eigenvalue weighted by molar-refractivity contribution is 6.03. The fraction of sp³-hybridized carbons (Fsp3) is 0.182. The number of oxazole rings is 1. The van der Waals surface area contributed by atoms with E-state index in [-0.39, 0.29) is 0 Å². The maximum absolute atomic E-state index is 5.59. The van der Waals surface area contributed by atoms with Crippen LogP contribution in [-0.2, 0) is 13.6 Å². The fourth-order valence-corrected chi connectivity index (χ4v) is 1.92. The monoisotopic (exact) mass is 201 g/mol. The first kappa shape index (κ1) is 8.49. The molecule has 0 bridgehead atoms. The molecule has 0 saturated heterocycles. The number of nitrogens with two attached hydrogens (primary N) is 1. The first-order valence-corrected chi connectivity index (χ1v) is 4.84. The topological polar surface area (TPSA) is 57.0 Å². The van der Waals surface area contributed by atoms with Gasteiger partial charge in [-0.1, -0.05) is 12.1 Å². The van der Waals surface area contributed by atoms with E-state index in [1.807, 2.05) is 29.8 Å². The molecule has 0 aliphatic carbocycles. The lowest BCUT2D eigenvalue weighted by molar-refractivity contribution is 0.535. The fourth-order valence-electron chi connectivity index (χ4n) is 1.92. The molecule has 0 saturated carbocycles. The summed E-state index contributed by atoms with van der Waals surface area (Å²) in [6, 6.07) is 8.08. The van der Waals surface area contributed by atoms with Crippen molar-refractivity contribution in [2.24, 2.45) is 12.8 Å². The van der Waals surface area contributed by atoms with Crippen molar-refractivity contribution < 1.29 is 4.42 Å². The third-order valence-electron chi connectivity index (χ3n) is 2.66. The highest BCUT2D eigenvalue weighted by Gasteiger charge is 2.13. The lowest BCUT2D eigenvalue weighted by Gasteiger charge is -1.94. The summed E-state index contributed by atoms with van der Waals surface area (Å²) < 4.78 is 7.62. The van der Waals surface area contributed by atoms with Gasteiger partial charge in [-0.05, 0) is 12.1 Å². The quantitative estimate of drug-likeness (QED) is 0.652. The van der Waals surface area contributed by atoms with Gasteiger partial charge in [0.05, 0.1) is 12.1 Å². The van der Waals surface area contributed by atoms with E-state index in [0.717, 1.165) is 22.1 Å². The first-order valence-electron chi connectivity index (χ1n) is 4.84. The largest absolute Gasteiger partial charge is 0.437 e. The Balaban J connectivity index is 2.51. The van der Waals surface area contributed by atoms with E-state index >= 15 is 0 Å². The zero-order valence-electron chi connectivity index (χ0n) is 8.40. The van der Waals surface area contributed by atoms with Gasteiger partial charge in [-0.2, -0.15) is 4.98 Å². The number of aryl methyl sites for hydroxylation is 1. The Morgan fingerprint density at radius 3 is 3.00 bits per heavy atom. The molecule has 0 spiro atoms. The second kappa shape index (κ2) is 2.84. The van der Waals surface area contributed by atoms with Crippen molar-refractivity contribution in [3.63, 3.8) is 0 Å². The summed E-state index contributed by atoms with van der Waals surface area (Å²) in [5, 5.41) is 1.09. The molecule has 0 unspecified atom stereocenters. The molecule has 3 rings (SSSR count). The zero-order chi connectivity index (χ0) is 10.4. The van der Waals surface area contributed by atoms with E-state index in [0.29, 0.717) is 12.4 Å². The molecule has 0 radical (unpaired) electrons. The third kappa shape index (κ3) is 1.02. The van der Waals surface area contributed by atoms with Crippen molar-refractivity contribution >= 4 is 22.1 Å². The number of hydrogen-bond acceptors (Lipinski definition) is 3. The minimum Gasteiger partial charge on any atom is -0.437 e. The molecular formula is C11H11N3O. The molecule has 3 aromatic rings. The molecular weight excluding hydrogens is 190 g/mol. The lowest BCUT2D eigenvalue weighted by Crippen LogP contribution is -1.96. The van der Waals surface area contributed by atoms with Crippen LogP contribution in [0.4, 0.5) is 0 Å². The molecule has 4 nitrogen and oxygen atoms in total. The van der Waals surface area contributed by atoms with Crippen LogP contribution in [0.3, 0.4) is 0 Å². The number of aromatic nitrogens is 2. The van der Waals surface area contributed by atoms with Crippen molar-refractivity contribution in [3.05, 3.63) is 30.2 Å². The van der Waals surface area contributed by atoms with Crippen LogP contribution in [0.15, 0.2) is 28.7 Å². The highest BCUT2D eigenvalue weighted by Crippen LogP contribution is 2.27. The molecule has 0 aliphatic rings. The van der Waals surface area contributed by atoms with E-state index in [1.54, 1.807) is 0 Å². The Morgan fingerprint density at radius 2 is 2.20 bits per heavy atom. The molecule has 2 aromatic heterocycles. The van der Waals surface area contributed by atoms with Gasteiger partial charge < -0.3 is 14.7 Å². The summed E-state index contributed by atoms with van der Waals surface area (Å²) in [6.07, 6.45) is 0.